The van der Waals surface area contributed by atoms with E-state index in [0.29, 0.717) is 19.6 Å². The summed E-state index contributed by atoms with van der Waals surface area (Å²) in [5.41, 5.74) is 5.51. The second-order valence-corrected chi connectivity index (χ2v) is 6.77. The molecule has 6 nitrogen and oxygen atoms in total. The monoisotopic (exact) mass is 313 g/mol. The molecule has 1 fully saturated rings. The Morgan fingerprint density at radius 1 is 1.47 bits per heavy atom. The molecule has 0 aromatic rings. The van der Waals surface area contributed by atoms with Crippen LogP contribution in [0.1, 0.15) is 26.2 Å². The van der Waals surface area contributed by atoms with E-state index in [1.165, 1.54) is 0 Å². The number of rotatable bonds is 5. The second-order valence-electron chi connectivity index (χ2n) is 4.94. The van der Waals surface area contributed by atoms with Gasteiger partial charge in [-0.1, -0.05) is 6.92 Å². The van der Waals surface area contributed by atoms with Crippen LogP contribution < -0.4 is 10.5 Å². The van der Waals surface area contributed by atoms with Gasteiger partial charge in [-0.2, -0.15) is 0 Å². The summed E-state index contributed by atoms with van der Waals surface area (Å²) in [6.07, 6.45) is 3.96. The first-order chi connectivity index (χ1) is 8.35. The number of piperidine rings is 1. The van der Waals surface area contributed by atoms with Gasteiger partial charge in [0.25, 0.3) is 0 Å². The van der Waals surface area contributed by atoms with E-state index in [2.05, 4.69) is 4.72 Å². The number of amides is 1. The van der Waals surface area contributed by atoms with Crippen molar-refractivity contribution >= 4 is 28.3 Å². The summed E-state index contributed by atoms with van der Waals surface area (Å²) >= 11 is 0. The highest BCUT2D eigenvalue weighted by molar-refractivity contribution is 7.88. The smallest absolute Gasteiger partial charge is 0.226 e. The Morgan fingerprint density at radius 2 is 2.11 bits per heavy atom. The molecule has 3 N–H and O–H groups in total. The van der Waals surface area contributed by atoms with Gasteiger partial charge in [-0.15, -0.1) is 12.4 Å². The van der Waals surface area contributed by atoms with E-state index in [4.69, 9.17) is 5.73 Å². The average Bonchev–Trinajstić information content (AvgIpc) is 2.34. The number of sulfonamides is 1. The number of carbonyl (C=O) groups excluding carboxylic acids is 1. The van der Waals surface area contributed by atoms with E-state index in [-0.39, 0.29) is 30.3 Å². The van der Waals surface area contributed by atoms with Crippen molar-refractivity contribution in [3.05, 3.63) is 0 Å². The first-order valence-electron chi connectivity index (χ1n) is 6.30. The van der Waals surface area contributed by atoms with Crippen molar-refractivity contribution in [1.82, 2.24) is 9.62 Å². The molecular weight excluding hydrogens is 290 g/mol. The second kappa shape index (κ2) is 8.04. The minimum absolute atomic E-state index is 0. The molecule has 1 aliphatic heterocycles. The highest BCUT2D eigenvalue weighted by Gasteiger charge is 2.29. The minimum Gasteiger partial charge on any atom is -0.338 e. The summed E-state index contributed by atoms with van der Waals surface area (Å²) < 4.78 is 24.7. The Hall–Kier alpha value is -0.370. The number of halogens is 1. The van der Waals surface area contributed by atoms with Crippen LogP contribution in [0, 0.1) is 5.92 Å². The number of nitrogens with one attached hydrogen (secondary N) is 1. The van der Waals surface area contributed by atoms with Gasteiger partial charge in [0.1, 0.15) is 0 Å². The molecule has 19 heavy (non-hydrogen) atoms. The van der Waals surface area contributed by atoms with Gasteiger partial charge < -0.3 is 10.6 Å². The van der Waals surface area contributed by atoms with Crippen LogP contribution in [0.4, 0.5) is 0 Å². The van der Waals surface area contributed by atoms with Gasteiger partial charge in [-0.05, 0) is 19.3 Å². The third-order valence-electron chi connectivity index (χ3n) is 3.27. The summed E-state index contributed by atoms with van der Waals surface area (Å²) in [5, 5.41) is 0. The first kappa shape index (κ1) is 18.6. The molecule has 0 aromatic heterocycles. The fraction of sp³-hybridized carbons (Fsp3) is 0.909. The molecule has 0 bridgehead atoms. The van der Waals surface area contributed by atoms with Crippen molar-refractivity contribution in [2.75, 3.05) is 25.9 Å². The molecule has 1 amide bonds. The Balaban J connectivity index is 0.00000324. The number of hydrogen-bond acceptors (Lipinski definition) is 4. The normalized spacial score (nSPS) is 21.6. The Kier molecular flexibility index (Phi) is 7.88. The predicted molar refractivity (Wildman–Crippen MR) is 77.7 cm³/mol. The van der Waals surface area contributed by atoms with Crippen molar-refractivity contribution in [1.29, 1.82) is 0 Å². The van der Waals surface area contributed by atoms with Crippen LogP contribution in [-0.4, -0.2) is 51.2 Å². The zero-order valence-corrected chi connectivity index (χ0v) is 13.1. The molecule has 0 aliphatic carbocycles. The molecule has 0 saturated carbocycles. The lowest BCUT2D eigenvalue weighted by Gasteiger charge is -2.37. The number of carbonyl (C=O) groups is 1. The number of nitrogens with zero attached hydrogens (tertiary/aromatic N) is 1. The maximum absolute atomic E-state index is 12.1. The van der Waals surface area contributed by atoms with Gasteiger partial charge >= 0.3 is 0 Å². The molecule has 0 spiro atoms. The number of hydrogen-bond donors (Lipinski definition) is 2. The third kappa shape index (κ3) is 6.07. The van der Waals surface area contributed by atoms with E-state index < -0.39 is 10.0 Å². The fourth-order valence-electron chi connectivity index (χ4n) is 2.13. The Labute approximate surface area is 121 Å². The molecule has 0 radical (unpaired) electrons. The van der Waals surface area contributed by atoms with Crippen molar-refractivity contribution in [3.8, 4) is 0 Å². The summed E-state index contributed by atoms with van der Waals surface area (Å²) in [6.45, 7) is 3.11. The first-order valence-corrected chi connectivity index (χ1v) is 8.19. The van der Waals surface area contributed by atoms with Gasteiger partial charge in [0.05, 0.1) is 6.26 Å². The quantitative estimate of drug-likeness (QED) is 0.743. The number of likely N-dealkylation sites (tertiary alicyclic amines) is 1. The molecule has 1 saturated heterocycles. The maximum Gasteiger partial charge on any atom is 0.226 e. The maximum atomic E-state index is 12.1. The van der Waals surface area contributed by atoms with E-state index in [1.807, 2.05) is 0 Å². The molecule has 0 aromatic carbocycles. The van der Waals surface area contributed by atoms with Crippen LogP contribution in [0.5, 0.6) is 0 Å². The summed E-state index contributed by atoms with van der Waals surface area (Å²) in [7, 11) is -3.21. The molecule has 114 valence electrons. The van der Waals surface area contributed by atoms with Gasteiger partial charge in [0.15, 0.2) is 0 Å². The molecule has 2 atom stereocenters. The van der Waals surface area contributed by atoms with E-state index in [1.54, 1.807) is 11.8 Å². The molecule has 2 unspecified atom stereocenters. The topological polar surface area (TPSA) is 92.5 Å². The lowest BCUT2D eigenvalue weighted by atomic mass is 10.00. The SMILES string of the molecule is CC(CN)C(=O)N1CCCCC1CNS(C)(=O)=O.Cl. The van der Waals surface area contributed by atoms with Crippen molar-refractivity contribution < 1.29 is 13.2 Å². The fourth-order valence-corrected chi connectivity index (χ4v) is 2.63. The van der Waals surface area contributed by atoms with Crippen LogP contribution >= 0.6 is 12.4 Å². The van der Waals surface area contributed by atoms with Gasteiger partial charge in [-0.3, -0.25) is 4.79 Å². The molecule has 1 aliphatic rings. The molecule has 1 heterocycles. The van der Waals surface area contributed by atoms with E-state index in [9.17, 15) is 13.2 Å². The standard InChI is InChI=1S/C11H23N3O3S.ClH/c1-9(7-12)11(15)14-6-4-3-5-10(14)8-13-18(2,16)17;/h9-10,13H,3-8,12H2,1-2H3;1H. The lowest BCUT2D eigenvalue weighted by Crippen LogP contribution is -2.51. The van der Waals surface area contributed by atoms with Crippen LogP contribution in [0.3, 0.4) is 0 Å². The van der Waals surface area contributed by atoms with Crippen LogP contribution in [0.2, 0.25) is 0 Å². The van der Waals surface area contributed by atoms with Crippen molar-refractivity contribution in [3.63, 3.8) is 0 Å². The highest BCUT2D eigenvalue weighted by Crippen LogP contribution is 2.18. The summed E-state index contributed by atoms with van der Waals surface area (Å²) in [4.78, 5) is 13.9. The minimum atomic E-state index is -3.21. The highest BCUT2D eigenvalue weighted by atomic mass is 35.5. The van der Waals surface area contributed by atoms with Crippen molar-refractivity contribution in [2.45, 2.75) is 32.2 Å². The zero-order valence-electron chi connectivity index (χ0n) is 11.5. The molecular formula is C11H24ClN3O3S. The van der Waals surface area contributed by atoms with Crippen molar-refractivity contribution in [2.24, 2.45) is 11.7 Å². The van der Waals surface area contributed by atoms with Gasteiger partial charge in [-0.25, -0.2) is 13.1 Å². The van der Waals surface area contributed by atoms with Crippen LogP contribution in [0.15, 0.2) is 0 Å². The van der Waals surface area contributed by atoms with Gasteiger partial charge in [0.2, 0.25) is 15.9 Å². The molecule has 8 heteroatoms. The lowest BCUT2D eigenvalue weighted by molar-refractivity contribution is -0.138. The number of nitrogens with two attached hydrogens (primary N) is 1. The Morgan fingerprint density at radius 3 is 2.63 bits per heavy atom. The third-order valence-corrected chi connectivity index (χ3v) is 3.96. The van der Waals surface area contributed by atoms with Gasteiger partial charge in [0, 0.05) is 31.6 Å². The van der Waals surface area contributed by atoms with Crippen LogP contribution in [0.25, 0.3) is 0 Å². The predicted octanol–water partition coefficient (Wildman–Crippen LogP) is -0.0667. The summed E-state index contributed by atoms with van der Waals surface area (Å²) in [6, 6.07) is -0.0463. The van der Waals surface area contributed by atoms with E-state index >= 15 is 0 Å². The average molecular weight is 314 g/mol. The Bertz CT molecular complexity index is 389. The van der Waals surface area contributed by atoms with E-state index in [0.717, 1.165) is 25.5 Å². The largest absolute Gasteiger partial charge is 0.338 e. The molecule has 1 rings (SSSR count). The summed E-state index contributed by atoms with van der Waals surface area (Å²) in [5.74, 6) is -0.179. The van der Waals surface area contributed by atoms with Crippen LogP contribution in [-0.2, 0) is 14.8 Å². The zero-order chi connectivity index (χ0) is 13.8.